The summed E-state index contributed by atoms with van der Waals surface area (Å²) < 4.78 is 5.70. The number of hydrogen-bond donors (Lipinski definition) is 3. The van der Waals surface area contributed by atoms with E-state index in [0.29, 0.717) is 28.6 Å². The first-order valence-electron chi connectivity index (χ1n) is 8.39. The van der Waals surface area contributed by atoms with E-state index in [1.54, 1.807) is 30.3 Å². The Kier molecular flexibility index (Phi) is 6.47. The molecule has 0 unspecified atom stereocenters. The molecule has 1 amide bonds. The van der Waals surface area contributed by atoms with Crippen molar-refractivity contribution in [1.29, 1.82) is 0 Å². The molecular formula is C21H17ClN2O3S. The first-order valence-corrected chi connectivity index (χ1v) is 9.17. The first kappa shape index (κ1) is 19.7. The summed E-state index contributed by atoms with van der Waals surface area (Å²) in [4.78, 5) is 12.3. The van der Waals surface area contributed by atoms with Crippen LogP contribution >= 0.6 is 23.8 Å². The zero-order valence-electron chi connectivity index (χ0n) is 14.7. The normalized spacial score (nSPS) is 10.2. The number of nitrogens with one attached hydrogen (secondary N) is 2. The minimum Gasteiger partial charge on any atom is -0.506 e. The maximum Gasteiger partial charge on any atom is 0.257 e. The Morgan fingerprint density at radius 3 is 2.46 bits per heavy atom. The average Bonchev–Trinajstić information content (AvgIpc) is 2.70. The van der Waals surface area contributed by atoms with Gasteiger partial charge in [0.15, 0.2) is 5.11 Å². The Labute approximate surface area is 172 Å². The van der Waals surface area contributed by atoms with E-state index in [9.17, 15) is 9.90 Å². The molecule has 0 aromatic heterocycles. The molecule has 5 nitrogen and oxygen atoms in total. The number of ether oxygens (including phenoxy) is 1. The predicted molar refractivity (Wildman–Crippen MR) is 114 cm³/mol. The van der Waals surface area contributed by atoms with Gasteiger partial charge in [0.05, 0.1) is 5.69 Å². The first-order chi connectivity index (χ1) is 13.5. The second-order valence-corrected chi connectivity index (χ2v) is 6.71. The molecule has 0 atom stereocenters. The molecule has 0 saturated heterocycles. The Bertz CT molecular complexity index is 979. The van der Waals surface area contributed by atoms with Crippen molar-refractivity contribution in [2.24, 2.45) is 0 Å². The van der Waals surface area contributed by atoms with Crippen LogP contribution in [0.15, 0.2) is 72.8 Å². The Morgan fingerprint density at radius 1 is 1.04 bits per heavy atom. The second-order valence-electron chi connectivity index (χ2n) is 5.87. The van der Waals surface area contributed by atoms with Gasteiger partial charge in [-0.3, -0.25) is 10.1 Å². The lowest BCUT2D eigenvalue weighted by atomic mass is 10.2. The molecular weight excluding hydrogens is 396 g/mol. The fraction of sp³-hybridized carbons (Fsp3) is 0.0476. The molecule has 0 bridgehead atoms. The minimum absolute atomic E-state index is 0.0269. The third-order valence-corrected chi connectivity index (χ3v) is 4.24. The van der Waals surface area contributed by atoms with Crippen molar-refractivity contribution in [3.05, 3.63) is 88.9 Å². The van der Waals surface area contributed by atoms with Crippen LogP contribution < -0.4 is 15.4 Å². The number of benzene rings is 3. The van der Waals surface area contributed by atoms with Gasteiger partial charge < -0.3 is 15.2 Å². The van der Waals surface area contributed by atoms with Crippen LogP contribution in [0.2, 0.25) is 5.02 Å². The number of thiocarbonyl (C=S) groups is 1. The van der Waals surface area contributed by atoms with Gasteiger partial charge in [-0.2, -0.15) is 0 Å². The lowest BCUT2D eigenvalue weighted by molar-refractivity contribution is 0.0977. The molecule has 3 aromatic carbocycles. The summed E-state index contributed by atoms with van der Waals surface area (Å²) >= 11 is 11.0. The van der Waals surface area contributed by atoms with Crippen LogP contribution in [-0.2, 0) is 6.61 Å². The number of phenolic OH excluding ortho intramolecular Hbond substituents is 1. The van der Waals surface area contributed by atoms with Crippen LogP contribution in [0.3, 0.4) is 0 Å². The van der Waals surface area contributed by atoms with Crippen LogP contribution in [0.4, 0.5) is 5.69 Å². The molecule has 7 heteroatoms. The number of halogens is 1. The molecule has 0 aliphatic heterocycles. The van der Waals surface area contributed by atoms with Crippen LogP contribution in [-0.4, -0.2) is 16.1 Å². The number of anilines is 1. The number of phenols is 1. The molecule has 142 valence electrons. The van der Waals surface area contributed by atoms with E-state index in [1.807, 2.05) is 30.3 Å². The van der Waals surface area contributed by atoms with Gasteiger partial charge in [-0.1, -0.05) is 41.9 Å². The molecule has 0 heterocycles. The smallest absolute Gasteiger partial charge is 0.257 e. The monoisotopic (exact) mass is 412 g/mol. The standard InChI is InChI=1S/C21H17ClN2O3S/c22-16-8-11-19(25)18(12-16)23-21(28)24-20(26)15-6-9-17(10-7-15)27-13-14-4-2-1-3-5-14/h1-12,25H,13H2,(H2,23,24,26,28). The van der Waals surface area contributed by atoms with Crippen molar-refractivity contribution < 1.29 is 14.6 Å². The van der Waals surface area contributed by atoms with Crippen molar-refractivity contribution in [3.8, 4) is 11.5 Å². The van der Waals surface area contributed by atoms with E-state index < -0.39 is 0 Å². The van der Waals surface area contributed by atoms with Gasteiger partial charge >= 0.3 is 0 Å². The summed E-state index contributed by atoms with van der Waals surface area (Å²) in [6.07, 6.45) is 0. The van der Waals surface area contributed by atoms with E-state index >= 15 is 0 Å². The average molecular weight is 413 g/mol. The summed E-state index contributed by atoms with van der Waals surface area (Å²) in [5.74, 6) is 0.250. The van der Waals surface area contributed by atoms with Crippen LogP contribution in [0.5, 0.6) is 11.5 Å². The highest BCUT2D eigenvalue weighted by molar-refractivity contribution is 7.80. The molecule has 0 fully saturated rings. The Balaban J connectivity index is 1.55. The highest BCUT2D eigenvalue weighted by Gasteiger charge is 2.10. The van der Waals surface area contributed by atoms with Crippen molar-refractivity contribution in [1.82, 2.24) is 5.32 Å². The SMILES string of the molecule is O=C(NC(=S)Nc1cc(Cl)ccc1O)c1ccc(OCc2ccccc2)cc1. The molecule has 0 aliphatic carbocycles. The largest absolute Gasteiger partial charge is 0.506 e. The van der Waals surface area contributed by atoms with E-state index in [-0.39, 0.29) is 16.8 Å². The number of aromatic hydroxyl groups is 1. The number of hydrogen-bond acceptors (Lipinski definition) is 4. The van der Waals surface area contributed by atoms with E-state index in [2.05, 4.69) is 10.6 Å². The topological polar surface area (TPSA) is 70.6 Å². The quantitative estimate of drug-likeness (QED) is 0.416. The van der Waals surface area contributed by atoms with Crippen LogP contribution in [0.1, 0.15) is 15.9 Å². The van der Waals surface area contributed by atoms with Crippen LogP contribution in [0, 0.1) is 0 Å². The van der Waals surface area contributed by atoms with Crippen molar-refractivity contribution in [2.45, 2.75) is 6.61 Å². The van der Waals surface area contributed by atoms with Gasteiger partial charge in [-0.05, 0) is 60.2 Å². The van der Waals surface area contributed by atoms with E-state index in [1.165, 1.54) is 12.1 Å². The van der Waals surface area contributed by atoms with Crippen molar-refractivity contribution in [2.75, 3.05) is 5.32 Å². The molecule has 0 saturated carbocycles. The molecule has 0 radical (unpaired) electrons. The molecule has 3 N–H and O–H groups in total. The maximum atomic E-state index is 12.3. The summed E-state index contributed by atoms with van der Waals surface area (Å²) in [5.41, 5.74) is 1.79. The van der Waals surface area contributed by atoms with Gasteiger partial charge in [0.1, 0.15) is 18.1 Å². The summed E-state index contributed by atoms with van der Waals surface area (Å²) in [6, 6.07) is 21.0. The summed E-state index contributed by atoms with van der Waals surface area (Å²) in [7, 11) is 0. The number of carbonyl (C=O) groups is 1. The second kappa shape index (κ2) is 9.21. The molecule has 0 spiro atoms. The third-order valence-electron chi connectivity index (χ3n) is 3.80. The van der Waals surface area contributed by atoms with E-state index in [4.69, 9.17) is 28.6 Å². The summed E-state index contributed by atoms with van der Waals surface area (Å²) in [6.45, 7) is 0.448. The predicted octanol–water partition coefficient (Wildman–Crippen LogP) is 4.75. The summed E-state index contributed by atoms with van der Waals surface area (Å²) in [5, 5.41) is 15.6. The lowest BCUT2D eigenvalue weighted by Crippen LogP contribution is -2.34. The fourth-order valence-corrected chi connectivity index (χ4v) is 2.76. The minimum atomic E-state index is -0.381. The number of carbonyl (C=O) groups excluding carboxylic acids is 1. The Hall–Kier alpha value is -3.09. The van der Waals surface area contributed by atoms with E-state index in [0.717, 1.165) is 5.56 Å². The lowest BCUT2D eigenvalue weighted by Gasteiger charge is -2.11. The number of rotatable bonds is 5. The third kappa shape index (κ3) is 5.45. The van der Waals surface area contributed by atoms with Gasteiger partial charge in [0.2, 0.25) is 0 Å². The van der Waals surface area contributed by atoms with Gasteiger partial charge in [-0.15, -0.1) is 0 Å². The Morgan fingerprint density at radius 2 is 1.75 bits per heavy atom. The van der Waals surface area contributed by atoms with Gasteiger partial charge in [0.25, 0.3) is 5.91 Å². The number of amides is 1. The van der Waals surface area contributed by atoms with Gasteiger partial charge in [-0.25, -0.2) is 0 Å². The maximum absolute atomic E-state index is 12.3. The highest BCUT2D eigenvalue weighted by atomic mass is 35.5. The van der Waals surface area contributed by atoms with Gasteiger partial charge in [0, 0.05) is 10.6 Å². The molecule has 3 aromatic rings. The highest BCUT2D eigenvalue weighted by Crippen LogP contribution is 2.26. The zero-order valence-corrected chi connectivity index (χ0v) is 16.3. The van der Waals surface area contributed by atoms with Crippen molar-refractivity contribution >= 4 is 40.5 Å². The fourth-order valence-electron chi connectivity index (χ4n) is 2.38. The van der Waals surface area contributed by atoms with Crippen molar-refractivity contribution in [3.63, 3.8) is 0 Å². The zero-order chi connectivity index (χ0) is 19.9. The molecule has 3 rings (SSSR count). The molecule has 28 heavy (non-hydrogen) atoms. The molecule has 0 aliphatic rings. The van der Waals surface area contributed by atoms with Crippen LogP contribution in [0.25, 0.3) is 0 Å².